The summed E-state index contributed by atoms with van der Waals surface area (Å²) in [7, 11) is 0. The zero-order valence-corrected chi connectivity index (χ0v) is 11.9. The van der Waals surface area contributed by atoms with Crippen molar-refractivity contribution >= 4 is 23.1 Å². The predicted molar refractivity (Wildman–Crippen MR) is 77.0 cm³/mol. The van der Waals surface area contributed by atoms with Crippen LogP contribution in [-0.4, -0.2) is 21.1 Å². The number of thiazole rings is 1. The van der Waals surface area contributed by atoms with Gasteiger partial charge in [0, 0.05) is 10.4 Å². The van der Waals surface area contributed by atoms with E-state index in [4.69, 9.17) is 0 Å². The number of H-pyrrole nitrogens is 1. The van der Waals surface area contributed by atoms with Gasteiger partial charge in [-0.15, -0.1) is 11.3 Å². The van der Waals surface area contributed by atoms with Gasteiger partial charge < -0.3 is 5.32 Å². The molecule has 1 fully saturated rings. The van der Waals surface area contributed by atoms with E-state index in [1.807, 2.05) is 11.7 Å². The summed E-state index contributed by atoms with van der Waals surface area (Å²) in [4.78, 5) is 18.2. The molecule has 1 amide bonds. The summed E-state index contributed by atoms with van der Waals surface area (Å²) in [5.41, 5.74) is 3.97. The number of rotatable bonds is 3. The topological polar surface area (TPSA) is 70.7 Å². The highest BCUT2D eigenvalue weighted by Crippen LogP contribution is 2.43. The number of carbonyl (C=O) groups excluding carboxylic acids is 1. The minimum absolute atomic E-state index is 0.0444. The van der Waals surface area contributed by atoms with Gasteiger partial charge >= 0.3 is 0 Å². The molecular formula is C14H16N4OS. The second-order valence-corrected chi connectivity index (χ2v) is 6.51. The molecule has 2 aromatic heterocycles. The smallest absolute Gasteiger partial charge is 0.234 e. The molecule has 1 unspecified atom stereocenters. The zero-order valence-electron chi connectivity index (χ0n) is 11.1. The largest absolute Gasteiger partial charge is 0.310 e. The third kappa shape index (κ3) is 2.04. The first-order valence-corrected chi connectivity index (χ1v) is 7.97. The molecule has 0 spiro atoms. The van der Waals surface area contributed by atoms with Crippen LogP contribution in [0.5, 0.6) is 0 Å². The molecule has 4 rings (SSSR count). The monoisotopic (exact) mass is 288 g/mol. The number of hydrogen-bond donors (Lipinski definition) is 2. The number of nitrogens with zero attached hydrogens (tertiary/aromatic N) is 2. The Balaban J connectivity index is 1.55. The second-order valence-electron chi connectivity index (χ2n) is 5.57. The number of hydrogen-bond acceptors (Lipinski definition) is 4. The summed E-state index contributed by atoms with van der Waals surface area (Å²) in [5.74, 6) is 1.29. The van der Waals surface area contributed by atoms with Crippen molar-refractivity contribution in [3.8, 4) is 0 Å². The van der Waals surface area contributed by atoms with Crippen LogP contribution in [0.3, 0.4) is 0 Å². The average Bonchev–Trinajstić information content (AvgIpc) is 3.00. The third-order valence-corrected chi connectivity index (χ3v) is 5.06. The maximum atomic E-state index is 12.5. The highest BCUT2D eigenvalue weighted by molar-refractivity contribution is 7.09. The Kier molecular flexibility index (Phi) is 2.84. The van der Waals surface area contributed by atoms with Crippen LogP contribution in [0, 0.1) is 0 Å². The standard InChI is InChI=1S/C14H16N4OS/c19-14(9-2-1-3-11-12(9)15-7-20-11)17-13-10(6-16-18-13)8-4-5-8/h6-9H,1-5H2,(H2,16,17,18,19). The Bertz CT molecular complexity index is 643. The lowest BCUT2D eigenvalue weighted by atomic mass is 9.90. The summed E-state index contributed by atoms with van der Waals surface area (Å²) in [6.07, 6.45) is 7.23. The van der Waals surface area contributed by atoms with Crippen molar-refractivity contribution in [3.05, 3.63) is 27.8 Å². The predicted octanol–water partition coefficient (Wildman–Crippen LogP) is 2.80. The maximum Gasteiger partial charge on any atom is 0.234 e. The van der Waals surface area contributed by atoms with E-state index in [2.05, 4.69) is 20.5 Å². The number of aromatic nitrogens is 3. The van der Waals surface area contributed by atoms with Gasteiger partial charge in [-0.25, -0.2) is 4.98 Å². The summed E-state index contributed by atoms with van der Waals surface area (Å²) in [5, 5.41) is 10.00. The van der Waals surface area contributed by atoms with Crippen LogP contribution >= 0.6 is 11.3 Å². The van der Waals surface area contributed by atoms with Gasteiger partial charge in [-0.1, -0.05) is 0 Å². The van der Waals surface area contributed by atoms with Crippen molar-refractivity contribution in [2.45, 2.75) is 43.9 Å². The first-order valence-electron chi connectivity index (χ1n) is 7.09. The molecule has 2 heterocycles. The molecule has 5 nitrogen and oxygen atoms in total. The van der Waals surface area contributed by atoms with Gasteiger partial charge in [0.15, 0.2) is 0 Å². The Morgan fingerprint density at radius 1 is 1.40 bits per heavy atom. The van der Waals surface area contributed by atoms with E-state index >= 15 is 0 Å². The van der Waals surface area contributed by atoms with Gasteiger partial charge in [0.2, 0.25) is 5.91 Å². The van der Waals surface area contributed by atoms with Crippen molar-refractivity contribution in [3.63, 3.8) is 0 Å². The van der Waals surface area contributed by atoms with E-state index in [0.717, 1.165) is 36.3 Å². The van der Waals surface area contributed by atoms with Crippen LogP contribution < -0.4 is 5.32 Å². The number of carbonyl (C=O) groups is 1. The van der Waals surface area contributed by atoms with Gasteiger partial charge in [-0.2, -0.15) is 5.10 Å². The Hall–Kier alpha value is -1.69. The summed E-state index contributed by atoms with van der Waals surface area (Å²) < 4.78 is 0. The van der Waals surface area contributed by atoms with Crippen LogP contribution in [0.4, 0.5) is 5.82 Å². The molecule has 0 aliphatic heterocycles. The fraction of sp³-hybridized carbons (Fsp3) is 0.500. The highest BCUT2D eigenvalue weighted by atomic mass is 32.1. The summed E-state index contributed by atoms with van der Waals surface area (Å²) in [6.45, 7) is 0. The van der Waals surface area contributed by atoms with Gasteiger partial charge in [-0.3, -0.25) is 9.89 Å². The van der Waals surface area contributed by atoms with Gasteiger partial charge in [0.05, 0.1) is 23.3 Å². The van der Waals surface area contributed by atoms with E-state index in [9.17, 15) is 4.79 Å². The molecule has 0 aromatic carbocycles. The summed E-state index contributed by atoms with van der Waals surface area (Å²) >= 11 is 1.66. The average molecular weight is 288 g/mol. The molecule has 1 saturated carbocycles. The highest BCUT2D eigenvalue weighted by Gasteiger charge is 2.32. The lowest BCUT2D eigenvalue weighted by molar-refractivity contribution is -0.118. The zero-order chi connectivity index (χ0) is 13.5. The minimum Gasteiger partial charge on any atom is -0.310 e. The van der Waals surface area contributed by atoms with Crippen molar-refractivity contribution in [1.29, 1.82) is 0 Å². The van der Waals surface area contributed by atoms with E-state index in [1.165, 1.54) is 17.7 Å². The van der Waals surface area contributed by atoms with Crippen molar-refractivity contribution in [2.75, 3.05) is 5.32 Å². The van der Waals surface area contributed by atoms with Crippen LogP contribution in [0.2, 0.25) is 0 Å². The Labute approximate surface area is 120 Å². The molecule has 104 valence electrons. The lowest BCUT2D eigenvalue weighted by Gasteiger charge is -2.20. The molecule has 20 heavy (non-hydrogen) atoms. The number of nitrogens with one attached hydrogen (secondary N) is 2. The molecule has 0 bridgehead atoms. The number of aromatic amines is 1. The Morgan fingerprint density at radius 3 is 3.15 bits per heavy atom. The van der Waals surface area contributed by atoms with E-state index < -0.39 is 0 Å². The first kappa shape index (κ1) is 12.1. The van der Waals surface area contributed by atoms with Crippen molar-refractivity contribution in [2.24, 2.45) is 0 Å². The van der Waals surface area contributed by atoms with Crippen molar-refractivity contribution < 1.29 is 4.79 Å². The fourth-order valence-corrected chi connectivity index (χ4v) is 3.79. The molecule has 0 saturated heterocycles. The quantitative estimate of drug-likeness (QED) is 0.912. The molecule has 2 aliphatic rings. The van der Waals surface area contributed by atoms with Crippen molar-refractivity contribution in [1.82, 2.24) is 15.2 Å². The molecule has 2 aromatic rings. The maximum absolute atomic E-state index is 12.5. The molecule has 2 N–H and O–H groups in total. The minimum atomic E-state index is -0.111. The number of fused-ring (bicyclic) bond motifs is 1. The molecule has 6 heteroatoms. The second kappa shape index (κ2) is 4.70. The van der Waals surface area contributed by atoms with Gasteiger partial charge in [0.1, 0.15) is 5.82 Å². The molecule has 1 atom stereocenters. The van der Waals surface area contributed by atoms with Gasteiger partial charge in [0.25, 0.3) is 0 Å². The lowest BCUT2D eigenvalue weighted by Crippen LogP contribution is -2.25. The summed E-state index contributed by atoms with van der Waals surface area (Å²) in [6, 6.07) is 0. The number of aryl methyl sites for hydroxylation is 1. The van der Waals surface area contributed by atoms with E-state index in [0.29, 0.717) is 5.92 Å². The van der Waals surface area contributed by atoms with Crippen LogP contribution in [-0.2, 0) is 11.2 Å². The van der Waals surface area contributed by atoms with Crippen LogP contribution in [0.15, 0.2) is 11.7 Å². The normalized spacial score (nSPS) is 21.5. The molecule has 2 aliphatic carbocycles. The SMILES string of the molecule is O=C(Nc1[nH]ncc1C1CC1)C1CCCc2scnc21. The van der Waals surface area contributed by atoms with Crippen LogP contribution in [0.25, 0.3) is 0 Å². The number of amides is 1. The molecular weight excluding hydrogens is 272 g/mol. The van der Waals surface area contributed by atoms with Crippen LogP contribution in [0.1, 0.15) is 53.7 Å². The number of anilines is 1. The molecule has 0 radical (unpaired) electrons. The Morgan fingerprint density at radius 2 is 2.30 bits per heavy atom. The first-order chi connectivity index (χ1) is 9.83. The fourth-order valence-electron chi connectivity index (χ4n) is 2.92. The van der Waals surface area contributed by atoms with E-state index in [-0.39, 0.29) is 11.8 Å². The third-order valence-electron chi connectivity index (χ3n) is 4.15. The van der Waals surface area contributed by atoms with E-state index in [1.54, 1.807) is 11.3 Å². The van der Waals surface area contributed by atoms with Gasteiger partial charge in [-0.05, 0) is 38.0 Å².